The minimum Gasteiger partial charge on any atom is -0.326 e. The van der Waals surface area contributed by atoms with E-state index in [2.05, 4.69) is 15.2 Å². The summed E-state index contributed by atoms with van der Waals surface area (Å²) >= 11 is 0. The van der Waals surface area contributed by atoms with Crippen LogP contribution in [0.25, 0.3) is 44.6 Å². The van der Waals surface area contributed by atoms with Gasteiger partial charge >= 0.3 is 0 Å². The average Bonchev–Trinajstić information content (AvgIpc) is 3.33. The van der Waals surface area contributed by atoms with Gasteiger partial charge in [-0.3, -0.25) is 5.10 Å². The van der Waals surface area contributed by atoms with E-state index in [9.17, 15) is 8.42 Å². The molecule has 33 heavy (non-hydrogen) atoms. The Kier molecular flexibility index (Phi) is 4.82. The molecule has 7 nitrogen and oxygen atoms in total. The maximum absolute atomic E-state index is 15.0. The molecule has 0 radical (unpaired) electrons. The molecule has 1 N–H and O–H groups in total. The van der Waals surface area contributed by atoms with Crippen LogP contribution in [0.4, 0.5) is 4.39 Å². The van der Waals surface area contributed by atoms with Crippen LogP contribution in [0.5, 0.6) is 0 Å². The van der Waals surface area contributed by atoms with Crippen LogP contribution in [-0.4, -0.2) is 39.4 Å². The van der Waals surface area contributed by atoms with Gasteiger partial charge in [0.05, 0.1) is 21.6 Å². The number of aryl methyl sites for hydroxylation is 1. The van der Waals surface area contributed by atoms with Crippen molar-refractivity contribution in [1.82, 2.24) is 24.7 Å². The van der Waals surface area contributed by atoms with Crippen LogP contribution >= 0.6 is 0 Å². The van der Waals surface area contributed by atoms with E-state index in [1.807, 2.05) is 37.5 Å². The molecule has 5 rings (SSSR count). The Hall–Kier alpha value is -3.59. The minimum atomic E-state index is -3.35. The zero-order valence-electron chi connectivity index (χ0n) is 18.6. The highest BCUT2D eigenvalue weighted by Gasteiger charge is 2.19. The number of hydrogen-bond donors (Lipinski definition) is 1. The molecule has 168 valence electrons. The van der Waals surface area contributed by atoms with Gasteiger partial charge in [0.15, 0.2) is 15.7 Å². The highest BCUT2D eigenvalue weighted by atomic mass is 32.2. The highest BCUT2D eigenvalue weighted by Crippen LogP contribution is 2.32. The Morgan fingerprint density at radius 3 is 2.52 bits per heavy atom. The molecular weight excluding hydrogens is 441 g/mol. The first-order chi connectivity index (χ1) is 15.6. The number of hydrogen-bond acceptors (Lipinski definition) is 5. The number of aromatic amines is 1. The molecule has 0 amide bonds. The van der Waals surface area contributed by atoms with Gasteiger partial charge in [0.1, 0.15) is 22.6 Å². The molecule has 0 bridgehead atoms. The number of fused-ring (bicyclic) bond motifs is 2. The van der Waals surface area contributed by atoms with Crippen LogP contribution < -0.4 is 0 Å². The fourth-order valence-corrected chi connectivity index (χ4v) is 4.87. The summed E-state index contributed by atoms with van der Waals surface area (Å²) in [6, 6.07) is 13.7. The summed E-state index contributed by atoms with van der Waals surface area (Å²) in [5, 5.41) is 7.36. The van der Waals surface area contributed by atoms with Crippen LogP contribution in [0.2, 0.25) is 0 Å². The summed E-state index contributed by atoms with van der Waals surface area (Å²) in [5.74, 6) is 0.326. The fourth-order valence-electron chi connectivity index (χ4n) is 4.20. The van der Waals surface area contributed by atoms with Gasteiger partial charge in [0.2, 0.25) is 0 Å². The number of nitrogens with one attached hydrogen (secondary N) is 1. The summed E-state index contributed by atoms with van der Waals surface area (Å²) in [6.07, 6.45) is 1.17. The smallest absolute Gasteiger partial charge is 0.175 e. The standard InChI is InChI=1S/C24H22FN5O2S/c1-13(2)30-14(3)26-23-18(25)11-16(12-21(23)30)22-24-20(28-29-22)9-8-19(27-24)15-6-5-7-17(10-15)33(4,31)32/h5-13H,1-4H3,(H,28,29). The van der Waals surface area contributed by atoms with E-state index >= 15 is 4.39 Å². The van der Waals surface area contributed by atoms with Gasteiger partial charge in [0.25, 0.3) is 0 Å². The Bertz CT molecular complexity index is 1650. The van der Waals surface area contributed by atoms with Crippen molar-refractivity contribution >= 4 is 31.9 Å². The second kappa shape index (κ2) is 7.48. The quantitative estimate of drug-likeness (QED) is 0.401. The molecule has 3 aromatic heterocycles. The topological polar surface area (TPSA) is 93.5 Å². The number of sulfone groups is 1. The van der Waals surface area contributed by atoms with E-state index in [-0.39, 0.29) is 10.9 Å². The number of pyridine rings is 1. The lowest BCUT2D eigenvalue weighted by Gasteiger charge is -2.11. The van der Waals surface area contributed by atoms with E-state index in [0.29, 0.717) is 44.6 Å². The van der Waals surface area contributed by atoms with Crippen molar-refractivity contribution in [1.29, 1.82) is 0 Å². The van der Waals surface area contributed by atoms with Gasteiger partial charge in [-0.05, 0) is 57.2 Å². The van der Waals surface area contributed by atoms with Crippen molar-refractivity contribution in [2.24, 2.45) is 0 Å². The summed E-state index contributed by atoms with van der Waals surface area (Å²) < 4.78 is 40.9. The number of benzene rings is 2. The van der Waals surface area contributed by atoms with Crippen molar-refractivity contribution < 1.29 is 12.8 Å². The Morgan fingerprint density at radius 1 is 1.00 bits per heavy atom. The van der Waals surface area contributed by atoms with Gasteiger partial charge < -0.3 is 4.57 Å². The molecule has 0 aliphatic carbocycles. The molecular formula is C24H22FN5O2S. The maximum Gasteiger partial charge on any atom is 0.175 e. The van der Waals surface area contributed by atoms with E-state index in [0.717, 1.165) is 5.82 Å². The van der Waals surface area contributed by atoms with Crippen molar-refractivity contribution in [3.8, 4) is 22.5 Å². The predicted molar refractivity (Wildman–Crippen MR) is 126 cm³/mol. The SMILES string of the molecule is Cc1nc2c(F)cc(-c3n[nH]c4ccc(-c5cccc(S(C)(=O)=O)c5)nc34)cc2n1C(C)C. The lowest BCUT2D eigenvalue weighted by atomic mass is 10.1. The van der Waals surface area contributed by atoms with Crippen molar-refractivity contribution in [2.45, 2.75) is 31.7 Å². The summed E-state index contributed by atoms with van der Waals surface area (Å²) in [4.78, 5) is 9.36. The van der Waals surface area contributed by atoms with Crippen LogP contribution in [0.3, 0.4) is 0 Å². The molecule has 5 aromatic rings. The predicted octanol–water partition coefficient (Wildman–Crippen LogP) is 5.07. The van der Waals surface area contributed by atoms with Crippen LogP contribution in [0, 0.1) is 12.7 Å². The van der Waals surface area contributed by atoms with E-state index in [1.165, 1.54) is 12.3 Å². The van der Waals surface area contributed by atoms with Crippen LogP contribution in [0.1, 0.15) is 25.7 Å². The van der Waals surface area contributed by atoms with Crippen LogP contribution in [0.15, 0.2) is 53.4 Å². The largest absolute Gasteiger partial charge is 0.326 e. The molecule has 0 saturated carbocycles. The normalized spacial score (nSPS) is 12.3. The third-order valence-corrected chi connectivity index (χ3v) is 6.79. The van der Waals surface area contributed by atoms with Crippen molar-refractivity contribution in [2.75, 3.05) is 6.26 Å². The lowest BCUT2D eigenvalue weighted by Crippen LogP contribution is -2.02. The first kappa shape index (κ1) is 21.3. The first-order valence-corrected chi connectivity index (χ1v) is 12.4. The number of aromatic nitrogens is 5. The van der Waals surface area contributed by atoms with Gasteiger partial charge in [-0.25, -0.2) is 22.8 Å². The summed E-state index contributed by atoms with van der Waals surface area (Å²) in [6.45, 7) is 5.92. The number of H-pyrrole nitrogens is 1. The third kappa shape index (κ3) is 3.58. The Labute approximate surface area is 190 Å². The molecule has 0 saturated heterocycles. The molecule has 0 fully saturated rings. The van der Waals surface area contributed by atoms with Gasteiger partial charge in [-0.2, -0.15) is 5.10 Å². The molecule has 0 atom stereocenters. The van der Waals surface area contributed by atoms with E-state index < -0.39 is 15.7 Å². The number of imidazole rings is 1. The van der Waals surface area contributed by atoms with E-state index in [4.69, 9.17) is 4.98 Å². The zero-order valence-corrected chi connectivity index (χ0v) is 19.4. The number of rotatable bonds is 4. The molecule has 0 unspecified atom stereocenters. The first-order valence-electron chi connectivity index (χ1n) is 10.5. The Balaban J connectivity index is 1.69. The molecule has 3 heterocycles. The molecule has 9 heteroatoms. The molecule has 2 aromatic carbocycles. The maximum atomic E-state index is 15.0. The minimum absolute atomic E-state index is 0.118. The zero-order chi connectivity index (χ0) is 23.5. The lowest BCUT2D eigenvalue weighted by molar-refractivity contribution is 0.599. The van der Waals surface area contributed by atoms with Crippen molar-refractivity contribution in [3.63, 3.8) is 0 Å². The van der Waals surface area contributed by atoms with Gasteiger partial charge in [-0.1, -0.05) is 12.1 Å². The molecule has 0 aliphatic heterocycles. The summed E-state index contributed by atoms with van der Waals surface area (Å²) in [5.41, 5.74) is 4.66. The van der Waals surface area contributed by atoms with Crippen molar-refractivity contribution in [3.05, 3.63) is 60.2 Å². The van der Waals surface area contributed by atoms with Crippen LogP contribution in [-0.2, 0) is 9.84 Å². The second-order valence-electron chi connectivity index (χ2n) is 8.41. The van der Waals surface area contributed by atoms with Gasteiger partial charge in [0, 0.05) is 23.4 Å². The highest BCUT2D eigenvalue weighted by molar-refractivity contribution is 7.90. The number of nitrogens with zero attached hydrogens (tertiary/aromatic N) is 4. The van der Waals surface area contributed by atoms with Gasteiger partial charge in [-0.15, -0.1) is 0 Å². The fraction of sp³-hybridized carbons (Fsp3) is 0.208. The number of halogens is 1. The third-order valence-electron chi connectivity index (χ3n) is 5.68. The monoisotopic (exact) mass is 463 g/mol. The summed E-state index contributed by atoms with van der Waals surface area (Å²) in [7, 11) is -3.35. The second-order valence-corrected chi connectivity index (χ2v) is 10.4. The Morgan fingerprint density at radius 2 is 1.79 bits per heavy atom. The van der Waals surface area contributed by atoms with E-state index in [1.54, 1.807) is 30.3 Å². The molecule has 0 spiro atoms. The average molecular weight is 464 g/mol. The molecule has 0 aliphatic rings.